The van der Waals surface area contributed by atoms with Crippen molar-refractivity contribution < 1.29 is 9.53 Å². The van der Waals surface area contributed by atoms with Crippen LogP contribution in [0.3, 0.4) is 0 Å². The predicted octanol–water partition coefficient (Wildman–Crippen LogP) is 1.98. The Morgan fingerprint density at radius 1 is 1.27 bits per heavy atom. The average molecular weight is 156 g/mol. The Balaban J connectivity index is 2.58. The molecular weight excluding hydrogens is 140 g/mol. The Bertz CT molecular complexity index is 154. The lowest BCUT2D eigenvalue weighted by atomic mass is 9.95. The molecule has 2 heteroatoms. The molecule has 1 rings (SSSR count). The van der Waals surface area contributed by atoms with E-state index >= 15 is 0 Å². The fourth-order valence-corrected chi connectivity index (χ4v) is 1.73. The van der Waals surface area contributed by atoms with Crippen LogP contribution in [0, 0.1) is 11.8 Å². The molecule has 0 spiro atoms. The topological polar surface area (TPSA) is 26.3 Å². The zero-order chi connectivity index (χ0) is 8.43. The zero-order valence-corrected chi connectivity index (χ0v) is 7.46. The Hall–Kier alpha value is -0.530. The number of carbonyl (C=O) groups is 1. The van der Waals surface area contributed by atoms with E-state index in [0.717, 1.165) is 12.8 Å². The average Bonchev–Trinajstić information content (AvgIpc) is 1.93. The highest BCUT2D eigenvalue weighted by Gasteiger charge is 2.25. The minimum absolute atomic E-state index is 0.0261. The predicted molar refractivity (Wildman–Crippen MR) is 43.1 cm³/mol. The van der Waals surface area contributed by atoms with Crippen molar-refractivity contribution in [1.29, 1.82) is 0 Å². The van der Waals surface area contributed by atoms with Crippen molar-refractivity contribution in [1.82, 2.24) is 0 Å². The van der Waals surface area contributed by atoms with Gasteiger partial charge in [0.15, 0.2) is 0 Å². The number of hydrogen-bond donors (Lipinski definition) is 0. The molecule has 64 valence electrons. The van der Waals surface area contributed by atoms with Crippen molar-refractivity contribution in [2.75, 3.05) is 0 Å². The summed E-state index contributed by atoms with van der Waals surface area (Å²) < 4.78 is 5.15. The van der Waals surface area contributed by atoms with Crippen LogP contribution in [0.5, 0.6) is 0 Å². The third-order valence-electron chi connectivity index (χ3n) is 2.21. The molecule has 3 atom stereocenters. The van der Waals surface area contributed by atoms with Gasteiger partial charge in [-0.2, -0.15) is 0 Å². The van der Waals surface area contributed by atoms with E-state index in [9.17, 15) is 4.79 Å². The first-order chi connectivity index (χ1) is 5.09. The van der Waals surface area contributed by atoms with Gasteiger partial charge < -0.3 is 4.74 Å². The van der Waals surface area contributed by atoms with Crippen LogP contribution in [0.25, 0.3) is 0 Å². The molecule has 1 aliphatic heterocycles. The summed E-state index contributed by atoms with van der Waals surface area (Å²) in [6.07, 6.45) is 2.10. The van der Waals surface area contributed by atoms with Gasteiger partial charge in [-0.25, -0.2) is 0 Å². The summed E-state index contributed by atoms with van der Waals surface area (Å²) in [5.41, 5.74) is 0. The van der Waals surface area contributed by atoms with E-state index in [1.54, 1.807) is 0 Å². The van der Waals surface area contributed by atoms with E-state index in [1.807, 2.05) is 13.8 Å². The molecule has 0 aliphatic carbocycles. The molecule has 1 fully saturated rings. The van der Waals surface area contributed by atoms with Gasteiger partial charge in [0.05, 0.1) is 12.0 Å². The van der Waals surface area contributed by atoms with Crippen molar-refractivity contribution in [3.63, 3.8) is 0 Å². The molecule has 2 nitrogen and oxygen atoms in total. The van der Waals surface area contributed by atoms with E-state index in [1.165, 1.54) is 0 Å². The smallest absolute Gasteiger partial charge is 0.308 e. The molecule has 1 saturated heterocycles. The highest BCUT2D eigenvalue weighted by atomic mass is 16.5. The fraction of sp³-hybridized carbons (Fsp3) is 0.889. The van der Waals surface area contributed by atoms with Crippen molar-refractivity contribution >= 4 is 5.97 Å². The van der Waals surface area contributed by atoms with Crippen LogP contribution in [-0.4, -0.2) is 12.1 Å². The summed E-state index contributed by atoms with van der Waals surface area (Å²) in [6, 6.07) is 0. The van der Waals surface area contributed by atoms with E-state index in [0.29, 0.717) is 5.92 Å². The monoisotopic (exact) mass is 156 g/mol. The van der Waals surface area contributed by atoms with Crippen LogP contribution in [0.2, 0.25) is 0 Å². The molecule has 0 aromatic carbocycles. The van der Waals surface area contributed by atoms with Gasteiger partial charge in [-0.1, -0.05) is 13.8 Å². The third-order valence-corrected chi connectivity index (χ3v) is 2.21. The van der Waals surface area contributed by atoms with Crippen molar-refractivity contribution in [3.05, 3.63) is 0 Å². The first kappa shape index (κ1) is 8.57. The number of esters is 1. The van der Waals surface area contributed by atoms with Gasteiger partial charge in [-0.3, -0.25) is 4.79 Å². The first-order valence-corrected chi connectivity index (χ1v) is 4.30. The summed E-state index contributed by atoms with van der Waals surface area (Å²) >= 11 is 0. The van der Waals surface area contributed by atoms with Gasteiger partial charge in [-0.15, -0.1) is 0 Å². The molecule has 0 N–H and O–H groups in total. The maximum Gasteiger partial charge on any atom is 0.308 e. The largest absolute Gasteiger partial charge is 0.462 e. The summed E-state index contributed by atoms with van der Waals surface area (Å²) in [6.45, 7) is 6.08. The van der Waals surface area contributed by atoms with Crippen molar-refractivity contribution in [3.8, 4) is 0 Å². The molecule has 0 saturated carbocycles. The molecule has 0 aromatic rings. The van der Waals surface area contributed by atoms with Crippen LogP contribution < -0.4 is 0 Å². The number of rotatable bonds is 0. The van der Waals surface area contributed by atoms with Crippen LogP contribution in [0.15, 0.2) is 0 Å². The molecule has 1 aliphatic rings. The van der Waals surface area contributed by atoms with Gasteiger partial charge >= 0.3 is 5.97 Å². The lowest BCUT2D eigenvalue weighted by Gasteiger charge is -2.10. The molecule has 0 radical (unpaired) electrons. The number of ether oxygens (including phenoxy) is 1. The highest BCUT2D eigenvalue weighted by Crippen LogP contribution is 2.23. The van der Waals surface area contributed by atoms with E-state index in [-0.39, 0.29) is 18.0 Å². The summed E-state index contributed by atoms with van der Waals surface area (Å²) in [5, 5.41) is 0. The second-order valence-electron chi connectivity index (χ2n) is 3.73. The Kier molecular flexibility index (Phi) is 2.53. The highest BCUT2D eigenvalue weighted by molar-refractivity contribution is 5.72. The SMILES string of the molecule is C[C@H]1C[C@@H](C)OC(=O)[C@@H](C)C1. The lowest BCUT2D eigenvalue weighted by molar-refractivity contribution is -0.151. The minimum atomic E-state index is -0.0261. The summed E-state index contributed by atoms with van der Waals surface area (Å²) in [4.78, 5) is 11.1. The first-order valence-electron chi connectivity index (χ1n) is 4.30. The second kappa shape index (κ2) is 3.24. The van der Waals surface area contributed by atoms with Gasteiger partial charge in [0.2, 0.25) is 0 Å². The fourth-order valence-electron chi connectivity index (χ4n) is 1.73. The maximum absolute atomic E-state index is 11.1. The normalized spacial score (nSPS) is 39.5. The Morgan fingerprint density at radius 3 is 2.55 bits per heavy atom. The van der Waals surface area contributed by atoms with Crippen molar-refractivity contribution in [2.45, 2.75) is 39.7 Å². The number of hydrogen-bond acceptors (Lipinski definition) is 2. The van der Waals surface area contributed by atoms with Gasteiger partial charge in [0.1, 0.15) is 0 Å². The van der Waals surface area contributed by atoms with Gasteiger partial charge in [-0.05, 0) is 25.7 Å². The van der Waals surface area contributed by atoms with Gasteiger partial charge in [0, 0.05) is 0 Å². The molecule has 0 amide bonds. The van der Waals surface area contributed by atoms with Crippen LogP contribution >= 0.6 is 0 Å². The van der Waals surface area contributed by atoms with E-state index in [2.05, 4.69) is 6.92 Å². The molecule has 0 bridgehead atoms. The zero-order valence-electron chi connectivity index (χ0n) is 7.46. The molecular formula is C9H16O2. The van der Waals surface area contributed by atoms with Gasteiger partial charge in [0.25, 0.3) is 0 Å². The summed E-state index contributed by atoms with van der Waals surface area (Å²) in [7, 11) is 0. The van der Waals surface area contributed by atoms with Crippen molar-refractivity contribution in [2.24, 2.45) is 11.8 Å². The number of cyclic esters (lactones) is 1. The van der Waals surface area contributed by atoms with Crippen LogP contribution in [-0.2, 0) is 9.53 Å². The Labute approximate surface area is 67.9 Å². The third kappa shape index (κ3) is 2.21. The summed E-state index contributed by atoms with van der Waals surface area (Å²) in [5.74, 6) is 0.684. The van der Waals surface area contributed by atoms with Crippen LogP contribution in [0.1, 0.15) is 33.6 Å². The van der Waals surface area contributed by atoms with E-state index in [4.69, 9.17) is 4.74 Å². The molecule has 1 heterocycles. The Morgan fingerprint density at radius 2 is 1.91 bits per heavy atom. The molecule has 0 unspecified atom stereocenters. The lowest BCUT2D eigenvalue weighted by Crippen LogP contribution is -2.16. The number of carbonyl (C=O) groups excluding carboxylic acids is 1. The standard InChI is InChI=1S/C9H16O2/c1-6-4-7(2)9(10)11-8(3)5-6/h6-8H,4-5H2,1-3H3/t6-,7+,8-/m1/s1. The maximum atomic E-state index is 11.1. The quantitative estimate of drug-likeness (QED) is 0.501. The van der Waals surface area contributed by atoms with Crippen LogP contribution in [0.4, 0.5) is 0 Å². The minimum Gasteiger partial charge on any atom is -0.462 e. The molecule has 11 heavy (non-hydrogen) atoms. The second-order valence-corrected chi connectivity index (χ2v) is 3.73. The van der Waals surface area contributed by atoms with E-state index < -0.39 is 0 Å². The molecule has 0 aromatic heterocycles.